The Morgan fingerprint density at radius 3 is 2.57 bits per heavy atom. The summed E-state index contributed by atoms with van der Waals surface area (Å²) in [6, 6.07) is 7.50. The number of hydrogen-bond acceptors (Lipinski definition) is 4. The fraction of sp³-hybridized carbons (Fsp3) is 0.619. The number of benzene rings is 1. The highest BCUT2D eigenvalue weighted by Crippen LogP contribution is 2.27. The molecule has 2 amide bonds. The van der Waals surface area contributed by atoms with Gasteiger partial charge in [-0.15, -0.1) is 12.4 Å². The van der Waals surface area contributed by atoms with E-state index in [1.807, 2.05) is 31.2 Å². The van der Waals surface area contributed by atoms with E-state index in [2.05, 4.69) is 10.6 Å². The summed E-state index contributed by atoms with van der Waals surface area (Å²) >= 11 is 0. The predicted molar refractivity (Wildman–Crippen MR) is 114 cm³/mol. The highest BCUT2D eigenvalue weighted by molar-refractivity contribution is 5.85. The zero-order valence-corrected chi connectivity index (χ0v) is 18.0. The fourth-order valence-electron chi connectivity index (χ4n) is 3.34. The van der Waals surface area contributed by atoms with Gasteiger partial charge in [-0.3, -0.25) is 9.59 Å². The number of likely N-dealkylation sites (N-methyl/N-ethyl adjacent to an activating group) is 1. The van der Waals surface area contributed by atoms with E-state index in [0.717, 1.165) is 44.3 Å². The first-order valence-electron chi connectivity index (χ1n) is 9.93. The molecule has 2 rings (SSSR count). The number of piperidine rings is 1. The van der Waals surface area contributed by atoms with Crippen LogP contribution in [-0.2, 0) is 9.59 Å². The summed E-state index contributed by atoms with van der Waals surface area (Å²) in [5.74, 6) is 1.28. The van der Waals surface area contributed by atoms with Crippen LogP contribution in [0.1, 0.15) is 50.6 Å². The summed E-state index contributed by atoms with van der Waals surface area (Å²) < 4.78 is 5.73. The third kappa shape index (κ3) is 7.68. The zero-order valence-electron chi connectivity index (χ0n) is 17.2. The summed E-state index contributed by atoms with van der Waals surface area (Å²) in [5.41, 5.74) is 0.918. The van der Waals surface area contributed by atoms with Gasteiger partial charge in [-0.05, 0) is 50.8 Å². The van der Waals surface area contributed by atoms with Gasteiger partial charge in [-0.25, -0.2) is 0 Å². The number of carbonyl (C=O) groups excluding carboxylic acids is 2. The van der Waals surface area contributed by atoms with Gasteiger partial charge in [0.25, 0.3) is 5.91 Å². The van der Waals surface area contributed by atoms with E-state index < -0.39 is 0 Å². The largest absolute Gasteiger partial charge is 0.483 e. The molecule has 0 saturated carbocycles. The molecular weight excluding hydrogens is 378 g/mol. The topological polar surface area (TPSA) is 70.7 Å². The summed E-state index contributed by atoms with van der Waals surface area (Å²) in [5, 5.41) is 6.50. The molecule has 0 aromatic heterocycles. The smallest absolute Gasteiger partial charge is 0.259 e. The molecular formula is C21H34ClN3O3. The van der Waals surface area contributed by atoms with E-state index in [9.17, 15) is 9.59 Å². The van der Waals surface area contributed by atoms with E-state index in [1.54, 1.807) is 14.1 Å². The number of hydrogen-bond donors (Lipinski definition) is 2. The van der Waals surface area contributed by atoms with Gasteiger partial charge in [0.15, 0.2) is 6.61 Å². The lowest BCUT2D eigenvalue weighted by Crippen LogP contribution is -2.31. The van der Waals surface area contributed by atoms with Gasteiger partial charge in [0.2, 0.25) is 5.91 Å². The van der Waals surface area contributed by atoms with Crippen LogP contribution in [0.25, 0.3) is 0 Å². The quantitative estimate of drug-likeness (QED) is 0.655. The average molecular weight is 412 g/mol. The molecule has 0 spiro atoms. The molecule has 0 bridgehead atoms. The van der Waals surface area contributed by atoms with Crippen molar-refractivity contribution in [2.75, 3.05) is 33.8 Å². The van der Waals surface area contributed by atoms with Gasteiger partial charge in [0, 0.05) is 26.1 Å². The first-order chi connectivity index (χ1) is 13.0. The Morgan fingerprint density at radius 2 is 1.93 bits per heavy atom. The van der Waals surface area contributed by atoms with E-state index in [4.69, 9.17) is 4.74 Å². The van der Waals surface area contributed by atoms with Crippen molar-refractivity contribution in [1.82, 2.24) is 15.5 Å². The van der Waals surface area contributed by atoms with E-state index in [0.29, 0.717) is 18.1 Å². The maximum Gasteiger partial charge on any atom is 0.259 e. The van der Waals surface area contributed by atoms with Crippen molar-refractivity contribution in [3.8, 4) is 5.75 Å². The van der Waals surface area contributed by atoms with E-state index >= 15 is 0 Å². The molecule has 6 nitrogen and oxygen atoms in total. The lowest BCUT2D eigenvalue weighted by atomic mass is 9.93. The van der Waals surface area contributed by atoms with Gasteiger partial charge in [-0.2, -0.15) is 0 Å². The van der Waals surface area contributed by atoms with Crippen LogP contribution in [0.15, 0.2) is 24.3 Å². The van der Waals surface area contributed by atoms with Crippen molar-refractivity contribution in [3.63, 3.8) is 0 Å². The Morgan fingerprint density at radius 1 is 1.25 bits per heavy atom. The van der Waals surface area contributed by atoms with Gasteiger partial charge < -0.3 is 20.3 Å². The summed E-state index contributed by atoms with van der Waals surface area (Å²) in [7, 11) is 3.41. The van der Waals surface area contributed by atoms with Crippen LogP contribution >= 0.6 is 12.4 Å². The van der Waals surface area contributed by atoms with Crippen molar-refractivity contribution >= 4 is 24.2 Å². The number of carbonyl (C=O) groups is 2. The second kappa shape index (κ2) is 12.6. The first kappa shape index (κ1) is 24.2. The minimum Gasteiger partial charge on any atom is -0.483 e. The molecule has 0 aliphatic carbocycles. The van der Waals surface area contributed by atoms with Crippen LogP contribution in [0.2, 0.25) is 0 Å². The number of nitrogens with one attached hydrogen (secondary N) is 2. The summed E-state index contributed by atoms with van der Waals surface area (Å²) in [6.45, 7) is 4.14. The molecule has 28 heavy (non-hydrogen) atoms. The SMILES string of the molecule is CCC(NC(=O)CCC1CCNCC1)c1ccccc1OCC(=O)N(C)C.Cl. The lowest BCUT2D eigenvalue weighted by molar-refractivity contribution is -0.130. The minimum absolute atomic E-state index is 0. The predicted octanol–water partition coefficient (Wildman–Crippen LogP) is 2.92. The highest BCUT2D eigenvalue weighted by Gasteiger charge is 2.19. The van der Waals surface area contributed by atoms with Gasteiger partial charge in [0.1, 0.15) is 5.75 Å². The number of rotatable bonds is 9. The number of nitrogens with zero attached hydrogens (tertiary/aromatic N) is 1. The summed E-state index contributed by atoms with van der Waals surface area (Å²) in [6.07, 6.45) is 4.58. The first-order valence-corrected chi connectivity index (χ1v) is 9.93. The lowest BCUT2D eigenvalue weighted by Gasteiger charge is -2.24. The van der Waals surface area contributed by atoms with Crippen LogP contribution in [0.4, 0.5) is 0 Å². The monoisotopic (exact) mass is 411 g/mol. The maximum atomic E-state index is 12.5. The molecule has 1 saturated heterocycles. The molecule has 1 aromatic carbocycles. The van der Waals surface area contributed by atoms with Crippen molar-refractivity contribution in [2.45, 2.75) is 45.1 Å². The van der Waals surface area contributed by atoms with Crippen molar-refractivity contribution in [3.05, 3.63) is 29.8 Å². The molecule has 1 unspecified atom stereocenters. The second-order valence-corrected chi connectivity index (χ2v) is 7.38. The standard InChI is InChI=1S/C21H33N3O3.ClH/c1-4-18(23-20(25)10-9-16-11-13-22-14-12-16)17-7-5-6-8-19(17)27-15-21(26)24(2)3;/h5-8,16,18,22H,4,9-15H2,1-3H3,(H,23,25);1H. The molecule has 1 atom stereocenters. The van der Waals surface area contributed by atoms with Crippen molar-refractivity contribution in [2.24, 2.45) is 5.92 Å². The van der Waals surface area contributed by atoms with Crippen LogP contribution in [-0.4, -0.2) is 50.5 Å². The van der Waals surface area contributed by atoms with Gasteiger partial charge >= 0.3 is 0 Å². The molecule has 1 heterocycles. The average Bonchev–Trinajstić information content (AvgIpc) is 2.69. The van der Waals surface area contributed by atoms with E-state index in [1.165, 1.54) is 4.90 Å². The zero-order chi connectivity index (χ0) is 19.6. The van der Waals surface area contributed by atoms with Crippen molar-refractivity contribution < 1.29 is 14.3 Å². The number of para-hydroxylation sites is 1. The van der Waals surface area contributed by atoms with Gasteiger partial charge in [0.05, 0.1) is 6.04 Å². The van der Waals surface area contributed by atoms with Crippen molar-refractivity contribution in [1.29, 1.82) is 0 Å². The van der Waals surface area contributed by atoms with Crippen LogP contribution in [0.5, 0.6) is 5.75 Å². The molecule has 1 aliphatic rings. The third-order valence-electron chi connectivity index (χ3n) is 5.13. The Labute approximate surface area is 174 Å². The Balaban J connectivity index is 0.00000392. The van der Waals surface area contributed by atoms with E-state index in [-0.39, 0.29) is 36.9 Å². The van der Waals surface area contributed by atoms with Crippen LogP contribution in [0.3, 0.4) is 0 Å². The molecule has 7 heteroatoms. The van der Waals surface area contributed by atoms with Crippen LogP contribution < -0.4 is 15.4 Å². The number of amides is 2. The molecule has 158 valence electrons. The Kier molecular flexibility index (Phi) is 10.9. The van der Waals surface area contributed by atoms with Gasteiger partial charge in [-0.1, -0.05) is 25.1 Å². The Hall–Kier alpha value is -1.79. The fourth-order valence-corrected chi connectivity index (χ4v) is 3.34. The summed E-state index contributed by atoms with van der Waals surface area (Å²) in [4.78, 5) is 25.8. The molecule has 1 aromatic rings. The Bertz CT molecular complexity index is 619. The van der Waals surface area contributed by atoms with Crippen LogP contribution in [0, 0.1) is 5.92 Å². The minimum atomic E-state index is -0.115. The molecule has 2 N–H and O–H groups in total. The highest BCUT2D eigenvalue weighted by atomic mass is 35.5. The second-order valence-electron chi connectivity index (χ2n) is 7.38. The molecule has 1 fully saturated rings. The number of halogens is 1. The maximum absolute atomic E-state index is 12.5. The third-order valence-corrected chi connectivity index (χ3v) is 5.13. The molecule has 0 radical (unpaired) electrons. The molecule has 1 aliphatic heterocycles. The number of ether oxygens (including phenoxy) is 1. The normalized spacial score (nSPS) is 15.2.